The molecule has 0 amide bonds. The monoisotopic (exact) mass is 379 g/mol. The molecule has 0 spiro atoms. The van der Waals surface area contributed by atoms with Crippen LogP contribution in [0.25, 0.3) is 0 Å². The molecule has 19 heavy (non-hydrogen) atoms. The number of halogens is 1. The summed E-state index contributed by atoms with van der Waals surface area (Å²) in [6.07, 6.45) is 3.03. The third-order valence-electron chi connectivity index (χ3n) is 3.78. The average Bonchev–Trinajstić information content (AvgIpc) is 2.24. The van der Waals surface area contributed by atoms with Gasteiger partial charge in [-0.15, -0.1) is 0 Å². The predicted molar refractivity (Wildman–Crippen MR) is 87.3 cm³/mol. The van der Waals surface area contributed by atoms with E-state index in [0.717, 1.165) is 38.2 Å². The third kappa shape index (κ3) is 5.42. The Balaban J connectivity index is 2.60. The third-order valence-corrected chi connectivity index (χ3v) is 4.40. The van der Waals surface area contributed by atoms with Gasteiger partial charge in [0.25, 0.3) is 0 Å². The van der Waals surface area contributed by atoms with Crippen LogP contribution in [0.5, 0.6) is 0 Å². The zero-order valence-electron chi connectivity index (χ0n) is 12.5. The first-order chi connectivity index (χ1) is 8.64. The summed E-state index contributed by atoms with van der Waals surface area (Å²) in [5.41, 5.74) is 1.12. The lowest BCUT2D eigenvalue weighted by atomic mass is 9.78. The minimum absolute atomic E-state index is 0.0994. The van der Waals surface area contributed by atoms with Crippen molar-refractivity contribution in [2.24, 2.45) is 10.8 Å². The molecule has 0 aromatic heterocycles. The second-order valence-electron chi connectivity index (χ2n) is 6.95. The van der Waals surface area contributed by atoms with Crippen molar-refractivity contribution >= 4 is 26.4 Å². The molecule has 1 N–H and O–H groups in total. The number of ether oxygens (including phenoxy) is 1. The maximum absolute atomic E-state index is 11.8. The van der Waals surface area contributed by atoms with Gasteiger partial charge in [-0.2, -0.15) is 0 Å². The van der Waals surface area contributed by atoms with E-state index in [2.05, 4.69) is 39.6 Å². The molecule has 4 heteroatoms. The van der Waals surface area contributed by atoms with Crippen LogP contribution >= 0.6 is 22.6 Å². The summed E-state index contributed by atoms with van der Waals surface area (Å²) in [5.74, 6) is 0. The van der Waals surface area contributed by atoms with Crippen molar-refractivity contribution in [3.8, 4) is 0 Å². The van der Waals surface area contributed by atoms with Crippen molar-refractivity contribution in [3.63, 3.8) is 0 Å². The lowest BCUT2D eigenvalue weighted by Gasteiger charge is -2.36. The summed E-state index contributed by atoms with van der Waals surface area (Å²) in [7, 11) is 0. The Bertz CT molecular complexity index is 341. The van der Waals surface area contributed by atoms with Crippen LogP contribution in [0, 0.1) is 10.8 Å². The number of carbonyl (C=O) groups is 1. The molecule has 0 aliphatic carbocycles. The quantitative estimate of drug-likeness (QED) is 0.585. The molecule has 1 fully saturated rings. The van der Waals surface area contributed by atoms with Gasteiger partial charge in [0.2, 0.25) is 3.79 Å². The van der Waals surface area contributed by atoms with Crippen LogP contribution in [0.4, 0.5) is 0 Å². The van der Waals surface area contributed by atoms with Crippen LogP contribution in [0.2, 0.25) is 0 Å². The smallest absolute Gasteiger partial charge is 0.214 e. The second-order valence-corrected chi connectivity index (χ2v) is 8.01. The first-order valence-electron chi connectivity index (χ1n) is 6.85. The zero-order valence-corrected chi connectivity index (χ0v) is 14.7. The van der Waals surface area contributed by atoms with E-state index in [1.165, 1.54) is 0 Å². The first kappa shape index (κ1) is 17.0. The standard InChI is InChI=1S/C15H26INO2/c1-11(10-15(5)6-8-19-9-7-15)17-12(13(16)18)14(2,3)4/h12,17H,1,6-10H2,2-5H3. The van der Waals surface area contributed by atoms with Crippen molar-refractivity contribution < 1.29 is 9.53 Å². The molecule has 0 aromatic rings. The molecule has 110 valence electrons. The normalized spacial score (nSPS) is 20.7. The topological polar surface area (TPSA) is 38.3 Å². The van der Waals surface area contributed by atoms with Gasteiger partial charge in [0.1, 0.15) is 0 Å². The molecule has 1 aliphatic rings. The molecular weight excluding hydrogens is 353 g/mol. The number of carbonyl (C=O) groups excluding carboxylic acids is 1. The Morgan fingerprint density at radius 3 is 2.37 bits per heavy atom. The maximum Gasteiger partial charge on any atom is 0.214 e. The van der Waals surface area contributed by atoms with E-state index in [9.17, 15) is 4.79 Å². The van der Waals surface area contributed by atoms with Gasteiger partial charge < -0.3 is 10.1 Å². The molecule has 1 heterocycles. The highest BCUT2D eigenvalue weighted by molar-refractivity contribution is 14.1. The van der Waals surface area contributed by atoms with Crippen molar-refractivity contribution in [1.29, 1.82) is 0 Å². The Labute approximate surface area is 130 Å². The van der Waals surface area contributed by atoms with Crippen molar-refractivity contribution in [1.82, 2.24) is 5.32 Å². The van der Waals surface area contributed by atoms with Gasteiger partial charge in [0, 0.05) is 41.5 Å². The molecule has 0 radical (unpaired) electrons. The summed E-state index contributed by atoms with van der Waals surface area (Å²) in [6, 6.07) is -0.177. The highest BCUT2D eigenvalue weighted by Gasteiger charge is 2.32. The molecule has 1 saturated heterocycles. The first-order valence-corrected chi connectivity index (χ1v) is 7.93. The Morgan fingerprint density at radius 1 is 1.42 bits per heavy atom. The minimum Gasteiger partial charge on any atom is -0.381 e. The lowest BCUT2D eigenvalue weighted by molar-refractivity contribution is -0.113. The van der Waals surface area contributed by atoms with Crippen LogP contribution in [0.1, 0.15) is 47.0 Å². The van der Waals surface area contributed by atoms with Crippen LogP contribution in [0.3, 0.4) is 0 Å². The van der Waals surface area contributed by atoms with Crippen LogP contribution in [0.15, 0.2) is 12.3 Å². The van der Waals surface area contributed by atoms with Gasteiger partial charge >= 0.3 is 0 Å². The highest BCUT2D eigenvalue weighted by Crippen LogP contribution is 2.36. The van der Waals surface area contributed by atoms with E-state index < -0.39 is 0 Å². The Hall–Kier alpha value is -0.100. The van der Waals surface area contributed by atoms with E-state index in [1.54, 1.807) is 0 Å². The largest absolute Gasteiger partial charge is 0.381 e. The molecule has 0 aromatic carbocycles. The summed E-state index contributed by atoms with van der Waals surface area (Å²) >= 11 is 1.87. The highest BCUT2D eigenvalue weighted by atomic mass is 127. The van der Waals surface area contributed by atoms with E-state index in [1.807, 2.05) is 22.6 Å². The Morgan fingerprint density at radius 2 is 1.95 bits per heavy atom. The van der Waals surface area contributed by atoms with Gasteiger partial charge in [0.15, 0.2) is 0 Å². The number of hydrogen-bond donors (Lipinski definition) is 1. The predicted octanol–water partition coefficient (Wildman–Crippen LogP) is 3.67. The number of rotatable bonds is 5. The Kier molecular flexibility index (Phi) is 5.86. The summed E-state index contributed by atoms with van der Waals surface area (Å²) in [5, 5.41) is 3.34. The number of allylic oxidation sites excluding steroid dienone is 1. The summed E-state index contributed by atoms with van der Waals surface area (Å²) < 4.78 is 5.56. The molecule has 0 bridgehead atoms. The zero-order chi connectivity index (χ0) is 14.7. The number of hydrogen-bond acceptors (Lipinski definition) is 3. The average molecular weight is 379 g/mol. The molecule has 1 atom stereocenters. The molecule has 1 rings (SSSR count). The number of nitrogens with one attached hydrogen (secondary N) is 1. The van der Waals surface area contributed by atoms with Gasteiger partial charge in [-0.3, -0.25) is 4.79 Å². The van der Waals surface area contributed by atoms with Gasteiger partial charge in [-0.1, -0.05) is 34.3 Å². The maximum atomic E-state index is 11.8. The SMILES string of the molecule is C=C(CC1(C)CCOCC1)NC(C(=O)I)C(C)(C)C. The van der Waals surface area contributed by atoms with E-state index in [4.69, 9.17) is 4.74 Å². The molecule has 0 saturated carbocycles. The van der Waals surface area contributed by atoms with Gasteiger partial charge in [0.05, 0.1) is 6.04 Å². The van der Waals surface area contributed by atoms with Crippen molar-refractivity contribution in [2.75, 3.05) is 13.2 Å². The molecule has 1 unspecified atom stereocenters. The summed E-state index contributed by atoms with van der Waals surface area (Å²) in [4.78, 5) is 11.8. The fourth-order valence-corrected chi connectivity index (χ4v) is 3.51. The van der Waals surface area contributed by atoms with Crippen molar-refractivity contribution in [2.45, 2.75) is 53.0 Å². The van der Waals surface area contributed by atoms with Crippen LogP contribution in [-0.2, 0) is 9.53 Å². The van der Waals surface area contributed by atoms with E-state index in [0.29, 0.717) is 0 Å². The van der Waals surface area contributed by atoms with Crippen LogP contribution in [-0.4, -0.2) is 23.0 Å². The second kappa shape index (κ2) is 6.57. The van der Waals surface area contributed by atoms with Crippen molar-refractivity contribution in [3.05, 3.63) is 12.3 Å². The van der Waals surface area contributed by atoms with Crippen LogP contribution < -0.4 is 5.32 Å². The van der Waals surface area contributed by atoms with E-state index in [-0.39, 0.29) is 20.7 Å². The van der Waals surface area contributed by atoms with Gasteiger partial charge in [-0.25, -0.2) is 0 Å². The van der Waals surface area contributed by atoms with Gasteiger partial charge in [-0.05, 0) is 30.1 Å². The fraction of sp³-hybridized carbons (Fsp3) is 0.800. The molecule has 1 aliphatic heterocycles. The van der Waals surface area contributed by atoms with E-state index >= 15 is 0 Å². The fourth-order valence-electron chi connectivity index (χ4n) is 2.42. The lowest BCUT2D eigenvalue weighted by Crippen LogP contribution is -2.44. The molecule has 3 nitrogen and oxygen atoms in total. The minimum atomic E-state index is -0.177. The summed E-state index contributed by atoms with van der Waals surface area (Å²) in [6.45, 7) is 14.3. The molecular formula is C15H26INO2.